The second kappa shape index (κ2) is 6.96. The number of benzene rings is 4. The van der Waals surface area contributed by atoms with Crippen molar-refractivity contribution < 1.29 is 0 Å². The number of rotatable bonds is 3. The third kappa shape index (κ3) is 3.22. The van der Waals surface area contributed by atoms with Crippen molar-refractivity contribution in [2.24, 2.45) is 0 Å². The predicted molar refractivity (Wildman–Crippen MR) is 108 cm³/mol. The van der Waals surface area contributed by atoms with Gasteiger partial charge in [0.1, 0.15) is 0 Å². The summed E-state index contributed by atoms with van der Waals surface area (Å²) in [5, 5.41) is 0.748. The largest absolute Gasteiger partial charge is 0.0843 e. The third-order valence-electron chi connectivity index (χ3n) is 4.34. The molecule has 0 aromatic heterocycles. The zero-order chi connectivity index (χ0) is 17.1. The van der Waals surface area contributed by atoms with Gasteiger partial charge in [0, 0.05) is 5.02 Å². The second-order valence-corrected chi connectivity index (χ2v) is 6.41. The van der Waals surface area contributed by atoms with Crippen molar-refractivity contribution in [3.05, 3.63) is 108 Å². The molecule has 120 valence electrons. The van der Waals surface area contributed by atoms with Crippen LogP contribution >= 0.6 is 11.6 Å². The Morgan fingerprint density at radius 1 is 0.440 bits per heavy atom. The molecule has 0 unspecified atom stereocenters. The summed E-state index contributed by atoms with van der Waals surface area (Å²) in [4.78, 5) is 0. The summed E-state index contributed by atoms with van der Waals surface area (Å²) < 4.78 is 0. The van der Waals surface area contributed by atoms with Crippen LogP contribution in [0.3, 0.4) is 0 Å². The fraction of sp³-hybridized carbons (Fsp3) is 0. The van der Waals surface area contributed by atoms with Crippen molar-refractivity contribution in [1.29, 1.82) is 0 Å². The summed E-state index contributed by atoms with van der Waals surface area (Å²) in [6.45, 7) is 0. The van der Waals surface area contributed by atoms with Crippen molar-refractivity contribution in [2.75, 3.05) is 0 Å². The van der Waals surface area contributed by atoms with E-state index in [1.165, 1.54) is 22.3 Å². The van der Waals surface area contributed by atoms with Gasteiger partial charge in [-0.25, -0.2) is 0 Å². The Balaban J connectivity index is 2.07. The first-order valence-corrected chi connectivity index (χ1v) is 8.70. The SMILES string of the molecule is Clc1cc(-c2ccccc2)c(-c2ccccc2)c(-c2ccccc2)c1. The molecule has 4 aromatic carbocycles. The topological polar surface area (TPSA) is 0 Å². The molecule has 0 amide bonds. The van der Waals surface area contributed by atoms with Gasteiger partial charge < -0.3 is 0 Å². The smallest absolute Gasteiger partial charge is 0.0418 e. The molecule has 0 saturated heterocycles. The molecule has 0 spiro atoms. The first kappa shape index (κ1) is 15.7. The van der Waals surface area contributed by atoms with E-state index >= 15 is 0 Å². The summed E-state index contributed by atoms with van der Waals surface area (Å²) in [6.07, 6.45) is 0. The van der Waals surface area contributed by atoms with Crippen LogP contribution in [0.1, 0.15) is 0 Å². The highest BCUT2D eigenvalue weighted by molar-refractivity contribution is 6.31. The molecule has 0 nitrogen and oxygen atoms in total. The highest BCUT2D eigenvalue weighted by atomic mass is 35.5. The molecule has 0 radical (unpaired) electrons. The van der Waals surface area contributed by atoms with E-state index in [2.05, 4.69) is 84.9 Å². The van der Waals surface area contributed by atoms with Crippen LogP contribution < -0.4 is 0 Å². The number of hydrogen-bond donors (Lipinski definition) is 0. The average Bonchev–Trinajstić information content (AvgIpc) is 2.69. The van der Waals surface area contributed by atoms with Crippen LogP contribution in [-0.4, -0.2) is 0 Å². The molecular weight excluding hydrogens is 324 g/mol. The number of halogens is 1. The molecule has 0 heterocycles. The molecule has 0 saturated carbocycles. The van der Waals surface area contributed by atoms with Gasteiger partial charge in [0.2, 0.25) is 0 Å². The Labute approximate surface area is 153 Å². The van der Waals surface area contributed by atoms with Gasteiger partial charge in [0.15, 0.2) is 0 Å². The maximum absolute atomic E-state index is 6.51. The quantitative estimate of drug-likeness (QED) is 0.366. The molecule has 0 atom stereocenters. The zero-order valence-electron chi connectivity index (χ0n) is 13.7. The van der Waals surface area contributed by atoms with E-state index in [-0.39, 0.29) is 0 Å². The first-order chi connectivity index (χ1) is 12.3. The van der Waals surface area contributed by atoms with Crippen molar-refractivity contribution in [3.63, 3.8) is 0 Å². The predicted octanol–water partition coefficient (Wildman–Crippen LogP) is 7.34. The molecule has 0 aliphatic rings. The first-order valence-electron chi connectivity index (χ1n) is 8.33. The summed E-state index contributed by atoms with van der Waals surface area (Å²) in [7, 11) is 0. The van der Waals surface area contributed by atoms with Gasteiger partial charge in [0.25, 0.3) is 0 Å². The van der Waals surface area contributed by atoms with Gasteiger partial charge in [0.05, 0.1) is 0 Å². The maximum Gasteiger partial charge on any atom is 0.0418 e. The summed E-state index contributed by atoms with van der Waals surface area (Å²) in [5.41, 5.74) is 7.04. The molecule has 4 rings (SSSR count). The molecule has 25 heavy (non-hydrogen) atoms. The standard InChI is InChI=1S/C24H17Cl/c25-21-16-22(18-10-4-1-5-11-18)24(20-14-8-3-9-15-20)23(17-21)19-12-6-2-7-13-19/h1-17H. The van der Waals surface area contributed by atoms with E-state index in [9.17, 15) is 0 Å². The third-order valence-corrected chi connectivity index (χ3v) is 4.55. The summed E-state index contributed by atoms with van der Waals surface area (Å²) in [6, 6.07) is 35.5. The molecule has 0 N–H and O–H groups in total. The Bertz CT molecular complexity index is 914. The van der Waals surface area contributed by atoms with Crippen LogP contribution in [-0.2, 0) is 0 Å². The van der Waals surface area contributed by atoms with E-state index in [0.717, 1.165) is 16.1 Å². The average molecular weight is 341 g/mol. The maximum atomic E-state index is 6.51. The van der Waals surface area contributed by atoms with E-state index in [1.54, 1.807) is 0 Å². The number of hydrogen-bond acceptors (Lipinski definition) is 0. The molecule has 0 bridgehead atoms. The summed E-state index contributed by atoms with van der Waals surface area (Å²) >= 11 is 6.51. The molecule has 0 aliphatic carbocycles. The minimum atomic E-state index is 0.748. The molecular formula is C24H17Cl. The lowest BCUT2D eigenvalue weighted by Crippen LogP contribution is -1.91. The minimum absolute atomic E-state index is 0.748. The Kier molecular flexibility index (Phi) is 4.37. The second-order valence-electron chi connectivity index (χ2n) is 5.97. The Morgan fingerprint density at radius 3 is 1.20 bits per heavy atom. The molecule has 0 aliphatic heterocycles. The fourth-order valence-electron chi connectivity index (χ4n) is 3.21. The van der Waals surface area contributed by atoms with Crippen LogP contribution in [0.4, 0.5) is 0 Å². The van der Waals surface area contributed by atoms with E-state index in [0.29, 0.717) is 0 Å². The van der Waals surface area contributed by atoms with Crippen LogP contribution in [0, 0.1) is 0 Å². The Morgan fingerprint density at radius 2 is 0.800 bits per heavy atom. The van der Waals surface area contributed by atoms with E-state index in [4.69, 9.17) is 11.6 Å². The van der Waals surface area contributed by atoms with Gasteiger partial charge in [-0.15, -0.1) is 0 Å². The highest BCUT2D eigenvalue weighted by Gasteiger charge is 2.15. The minimum Gasteiger partial charge on any atom is -0.0843 e. The van der Waals surface area contributed by atoms with Crippen molar-refractivity contribution in [3.8, 4) is 33.4 Å². The van der Waals surface area contributed by atoms with Gasteiger partial charge in [-0.3, -0.25) is 0 Å². The monoisotopic (exact) mass is 340 g/mol. The highest BCUT2D eigenvalue weighted by Crippen LogP contribution is 2.41. The molecule has 1 heteroatoms. The fourth-order valence-corrected chi connectivity index (χ4v) is 3.43. The van der Waals surface area contributed by atoms with Crippen molar-refractivity contribution in [2.45, 2.75) is 0 Å². The van der Waals surface area contributed by atoms with Crippen LogP contribution in [0.5, 0.6) is 0 Å². The lowest BCUT2D eigenvalue weighted by atomic mass is 9.87. The summed E-state index contributed by atoms with van der Waals surface area (Å²) in [5.74, 6) is 0. The van der Waals surface area contributed by atoms with Crippen molar-refractivity contribution in [1.82, 2.24) is 0 Å². The van der Waals surface area contributed by atoms with E-state index < -0.39 is 0 Å². The zero-order valence-corrected chi connectivity index (χ0v) is 14.4. The molecule has 4 aromatic rings. The normalized spacial score (nSPS) is 10.6. The van der Waals surface area contributed by atoms with Gasteiger partial charge in [-0.05, 0) is 45.5 Å². The van der Waals surface area contributed by atoms with Gasteiger partial charge >= 0.3 is 0 Å². The lowest BCUT2D eigenvalue weighted by molar-refractivity contribution is 1.56. The van der Waals surface area contributed by atoms with Gasteiger partial charge in [-0.2, -0.15) is 0 Å². The Hall–Kier alpha value is -2.83. The molecule has 0 fully saturated rings. The van der Waals surface area contributed by atoms with Gasteiger partial charge in [-0.1, -0.05) is 103 Å². The van der Waals surface area contributed by atoms with Crippen molar-refractivity contribution >= 4 is 11.6 Å². The van der Waals surface area contributed by atoms with Crippen LogP contribution in [0.2, 0.25) is 5.02 Å². The van der Waals surface area contributed by atoms with E-state index in [1.807, 2.05) is 18.2 Å². The van der Waals surface area contributed by atoms with Crippen LogP contribution in [0.25, 0.3) is 33.4 Å². The van der Waals surface area contributed by atoms with Crippen LogP contribution in [0.15, 0.2) is 103 Å². The lowest BCUT2D eigenvalue weighted by Gasteiger charge is -2.17.